The molecule has 0 spiro atoms. The Kier molecular flexibility index (Phi) is 7.03. The third-order valence-electron chi connectivity index (χ3n) is 11.4. The van der Waals surface area contributed by atoms with E-state index in [0.717, 1.165) is 35.6 Å². The molecule has 11 rings (SSSR count). The average Bonchev–Trinajstić information content (AvgIpc) is 3.80. The fourth-order valence-electron chi connectivity index (χ4n) is 9.03. The van der Waals surface area contributed by atoms with Crippen LogP contribution in [-0.4, -0.2) is 0 Å². The quantitative estimate of drug-likeness (QED) is 0.127. The van der Waals surface area contributed by atoms with Crippen LogP contribution in [0.3, 0.4) is 0 Å². The third kappa shape index (κ3) is 4.81. The van der Waals surface area contributed by atoms with E-state index in [1.165, 1.54) is 77.4 Å². The number of para-hydroxylation sites is 2. The monoisotopic (exact) mass is 688 g/mol. The number of hydrogen-bond acceptors (Lipinski definition) is 2. The van der Waals surface area contributed by atoms with Crippen molar-refractivity contribution in [1.29, 1.82) is 0 Å². The van der Waals surface area contributed by atoms with E-state index in [9.17, 15) is 0 Å². The number of rotatable bonds is 6. The van der Waals surface area contributed by atoms with Crippen molar-refractivity contribution >= 4 is 55.7 Å². The molecule has 0 atom stereocenters. The number of hydrogen-bond donors (Lipinski definition) is 0. The molecular weight excluding hydrogens is 653 g/mol. The van der Waals surface area contributed by atoms with Crippen molar-refractivity contribution in [2.24, 2.45) is 0 Å². The van der Waals surface area contributed by atoms with E-state index >= 15 is 0 Å². The Balaban J connectivity index is 1.19. The largest absolute Gasteiger partial charge is 0.309 e. The topological polar surface area (TPSA) is 6.48 Å². The molecule has 0 amide bonds. The van der Waals surface area contributed by atoms with E-state index in [2.05, 4.69) is 204 Å². The second-order valence-corrected chi connectivity index (χ2v) is 14.5. The van der Waals surface area contributed by atoms with E-state index < -0.39 is 0 Å². The molecule has 54 heavy (non-hydrogen) atoms. The molecule has 0 radical (unpaired) electrons. The summed E-state index contributed by atoms with van der Waals surface area (Å²) >= 11 is 0. The van der Waals surface area contributed by atoms with Crippen molar-refractivity contribution in [1.82, 2.24) is 0 Å². The van der Waals surface area contributed by atoms with Crippen LogP contribution in [0.15, 0.2) is 194 Å². The first-order chi connectivity index (χ1) is 26.8. The van der Waals surface area contributed by atoms with E-state index in [1.54, 1.807) is 0 Å². The van der Waals surface area contributed by atoms with Gasteiger partial charge in [0, 0.05) is 44.3 Å². The highest BCUT2D eigenvalue weighted by Gasteiger charge is 2.28. The summed E-state index contributed by atoms with van der Waals surface area (Å²) in [4.78, 5) is 4.96. The Bertz CT molecular complexity index is 2640. The Labute approximate surface area is 315 Å². The van der Waals surface area contributed by atoms with Crippen molar-refractivity contribution < 1.29 is 0 Å². The highest BCUT2D eigenvalue weighted by Crippen LogP contribution is 2.52. The van der Waals surface area contributed by atoms with Crippen LogP contribution < -0.4 is 9.80 Å². The summed E-state index contributed by atoms with van der Waals surface area (Å²) in [6.45, 7) is 0. The molecule has 254 valence electrons. The lowest BCUT2D eigenvalue weighted by Crippen LogP contribution is -2.14. The maximum atomic E-state index is 2.48. The zero-order valence-corrected chi connectivity index (χ0v) is 29.8. The van der Waals surface area contributed by atoms with E-state index in [0.29, 0.717) is 0 Å². The van der Waals surface area contributed by atoms with E-state index in [1.807, 2.05) is 0 Å². The van der Waals surface area contributed by atoms with Crippen LogP contribution in [0.25, 0.3) is 43.8 Å². The van der Waals surface area contributed by atoms with Gasteiger partial charge in [-0.3, -0.25) is 0 Å². The number of anilines is 6. The van der Waals surface area contributed by atoms with Crippen LogP contribution in [0, 0.1) is 0 Å². The van der Waals surface area contributed by atoms with Gasteiger partial charge < -0.3 is 9.80 Å². The lowest BCUT2D eigenvalue weighted by Gasteiger charge is -2.33. The smallest absolute Gasteiger partial charge is 0.0619 e. The number of fused-ring (bicyclic) bond motifs is 8. The SMILES string of the molecule is c1ccc(N(c2ccc3c(c2)-c2ccccc2C3)c2c3ccccc3c(N(c3ccccc3)c3ccc4c(c3)-c3ccccc3C4)c3ccccc23)cc1. The fraction of sp³-hybridized carbons (Fsp3) is 0.0385. The molecule has 2 aliphatic carbocycles. The summed E-state index contributed by atoms with van der Waals surface area (Å²) in [5.74, 6) is 0. The van der Waals surface area contributed by atoms with Crippen LogP contribution in [0.4, 0.5) is 34.1 Å². The van der Waals surface area contributed by atoms with E-state index in [-0.39, 0.29) is 0 Å². The Morgan fingerprint density at radius 3 is 1.00 bits per heavy atom. The summed E-state index contributed by atoms with van der Waals surface area (Å²) in [6, 6.07) is 71.5. The number of benzene rings is 9. The van der Waals surface area contributed by atoms with Crippen molar-refractivity contribution in [3.63, 3.8) is 0 Å². The number of nitrogens with zero attached hydrogens (tertiary/aromatic N) is 2. The van der Waals surface area contributed by atoms with Crippen LogP contribution in [-0.2, 0) is 12.8 Å². The standard InChI is InChI=1S/C52H36N2/c1-3-17-39(18-4-1)53(41-29-27-37-31-35-15-7-9-21-43(35)49(37)33-41)51-45-23-11-13-25-47(45)52(48-26-14-12-24-46(48)51)54(40-19-5-2-6-20-40)42-30-28-38-32-36-16-8-10-22-44(36)50(38)34-42/h1-30,33-34H,31-32H2. The van der Waals surface area contributed by atoms with Gasteiger partial charge in [-0.05, 0) is 106 Å². The third-order valence-corrected chi connectivity index (χ3v) is 11.4. The summed E-state index contributed by atoms with van der Waals surface area (Å²) in [7, 11) is 0. The van der Waals surface area contributed by atoms with Gasteiger partial charge in [0.2, 0.25) is 0 Å². The summed E-state index contributed by atoms with van der Waals surface area (Å²) in [5, 5.41) is 4.79. The molecule has 0 saturated carbocycles. The van der Waals surface area contributed by atoms with Gasteiger partial charge >= 0.3 is 0 Å². The molecule has 2 nitrogen and oxygen atoms in total. The molecule has 0 unspecified atom stereocenters. The Morgan fingerprint density at radius 2 is 0.593 bits per heavy atom. The first-order valence-electron chi connectivity index (χ1n) is 18.9. The minimum Gasteiger partial charge on any atom is -0.309 e. The Hall–Kier alpha value is -6.90. The Morgan fingerprint density at radius 1 is 0.259 bits per heavy atom. The van der Waals surface area contributed by atoms with Crippen LogP contribution in [0.1, 0.15) is 22.3 Å². The highest BCUT2D eigenvalue weighted by molar-refractivity contribution is 6.23. The predicted molar refractivity (Wildman–Crippen MR) is 227 cm³/mol. The van der Waals surface area contributed by atoms with Crippen LogP contribution in [0.2, 0.25) is 0 Å². The van der Waals surface area contributed by atoms with Crippen molar-refractivity contribution in [3.8, 4) is 22.3 Å². The summed E-state index contributed by atoms with van der Waals surface area (Å²) in [5.41, 5.74) is 17.8. The fourth-order valence-corrected chi connectivity index (χ4v) is 9.03. The zero-order valence-electron chi connectivity index (χ0n) is 29.8. The van der Waals surface area contributed by atoms with E-state index in [4.69, 9.17) is 0 Å². The molecule has 0 fully saturated rings. The predicted octanol–water partition coefficient (Wildman–Crippen LogP) is 14.1. The van der Waals surface area contributed by atoms with Gasteiger partial charge in [-0.15, -0.1) is 0 Å². The lowest BCUT2D eigenvalue weighted by atomic mass is 9.94. The molecule has 0 saturated heterocycles. The molecule has 0 N–H and O–H groups in total. The molecule has 2 aliphatic rings. The minimum absolute atomic E-state index is 0.973. The molecule has 0 aliphatic heterocycles. The summed E-state index contributed by atoms with van der Waals surface area (Å²) in [6.07, 6.45) is 1.95. The molecule has 0 heterocycles. The average molecular weight is 689 g/mol. The lowest BCUT2D eigenvalue weighted by molar-refractivity contribution is 1.25. The second kappa shape index (κ2) is 12.4. The molecule has 0 bridgehead atoms. The van der Waals surface area contributed by atoms with Gasteiger partial charge in [0.05, 0.1) is 11.4 Å². The minimum atomic E-state index is 0.973. The second-order valence-electron chi connectivity index (χ2n) is 14.5. The van der Waals surface area contributed by atoms with Gasteiger partial charge in [0.25, 0.3) is 0 Å². The van der Waals surface area contributed by atoms with Gasteiger partial charge in [-0.2, -0.15) is 0 Å². The molecular formula is C52H36N2. The van der Waals surface area contributed by atoms with Gasteiger partial charge in [-0.25, -0.2) is 0 Å². The van der Waals surface area contributed by atoms with Gasteiger partial charge in [-0.1, -0.05) is 146 Å². The van der Waals surface area contributed by atoms with Crippen molar-refractivity contribution in [3.05, 3.63) is 216 Å². The van der Waals surface area contributed by atoms with Gasteiger partial charge in [0.1, 0.15) is 0 Å². The first-order valence-corrected chi connectivity index (χ1v) is 18.9. The van der Waals surface area contributed by atoms with Crippen LogP contribution in [0.5, 0.6) is 0 Å². The molecule has 0 aromatic heterocycles. The summed E-state index contributed by atoms with van der Waals surface area (Å²) < 4.78 is 0. The maximum absolute atomic E-state index is 2.48. The first kappa shape index (κ1) is 30.7. The van der Waals surface area contributed by atoms with Gasteiger partial charge in [0.15, 0.2) is 0 Å². The van der Waals surface area contributed by atoms with Crippen molar-refractivity contribution in [2.75, 3.05) is 9.80 Å². The van der Waals surface area contributed by atoms with Crippen LogP contribution >= 0.6 is 0 Å². The zero-order chi connectivity index (χ0) is 35.6. The molecule has 2 heteroatoms. The van der Waals surface area contributed by atoms with Crippen molar-refractivity contribution in [2.45, 2.75) is 12.8 Å². The maximum Gasteiger partial charge on any atom is 0.0619 e. The molecule has 9 aromatic carbocycles. The normalized spacial score (nSPS) is 12.3. The molecule has 9 aromatic rings. The highest BCUT2D eigenvalue weighted by atomic mass is 15.2.